The predicted molar refractivity (Wildman–Crippen MR) is 48.7 cm³/mol. The Morgan fingerprint density at radius 2 is 1.92 bits per heavy atom. The molecule has 0 aromatic rings. The van der Waals surface area contributed by atoms with Gasteiger partial charge in [0.15, 0.2) is 0 Å². The first kappa shape index (κ1) is 10.1. The lowest BCUT2D eigenvalue weighted by molar-refractivity contribution is -0.0118. The highest BCUT2D eigenvalue weighted by molar-refractivity contribution is 7.02. The summed E-state index contributed by atoms with van der Waals surface area (Å²) in [5.41, 5.74) is -0.650. The van der Waals surface area contributed by atoms with Crippen molar-refractivity contribution in [3.8, 4) is 0 Å². The lowest BCUT2D eigenvalue weighted by Gasteiger charge is -2.35. The third kappa shape index (κ3) is 1.41. The minimum atomic E-state index is -0.579. The molecule has 0 saturated carbocycles. The second-order valence-electron chi connectivity index (χ2n) is 3.85. The predicted octanol–water partition coefficient (Wildman–Crippen LogP) is 0.577. The van der Waals surface area contributed by atoms with Crippen molar-refractivity contribution in [2.24, 2.45) is 0 Å². The zero-order valence-electron chi connectivity index (χ0n) is 8.13. The maximum atomic E-state index is 8.75. The molecule has 1 unspecified atom stereocenters. The van der Waals surface area contributed by atoms with Gasteiger partial charge in [0, 0.05) is 0 Å². The summed E-state index contributed by atoms with van der Waals surface area (Å²) in [7, 11) is 0.368. The molecule has 0 spiro atoms. The van der Waals surface area contributed by atoms with Crippen molar-refractivity contribution >= 4 is 14.4 Å². The van der Waals surface area contributed by atoms with Gasteiger partial charge in [-0.15, -0.1) is 0 Å². The molecule has 5 heteroatoms. The summed E-state index contributed by atoms with van der Waals surface area (Å²) in [6.45, 7) is 7.99. The average Bonchev–Trinajstić information content (AvgIpc) is 2.24. The fraction of sp³-hybridized carbons (Fsp3) is 1.00. The maximum Gasteiger partial charge on any atom is 0.439 e. The Morgan fingerprint density at radius 3 is 2.17 bits per heavy atom. The monoisotopic (exact) mass is 169 g/mol. The molecule has 0 amide bonds. The molecule has 1 N–H and O–H groups in total. The summed E-state index contributed by atoms with van der Waals surface area (Å²) < 4.78 is 11.0. The van der Waals surface area contributed by atoms with Gasteiger partial charge in [-0.2, -0.15) is 0 Å². The smallest absolute Gasteiger partial charge is 0.439 e. The summed E-state index contributed by atoms with van der Waals surface area (Å²) in [5.74, 6) is 0. The maximum absolute atomic E-state index is 8.75. The molecule has 0 aromatic carbocycles. The SMILES string of the molecule is CCC1(C)OB([B]O)OC1(C)C. The van der Waals surface area contributed by atoms with Gasteiger partial charge in [-0.25, -0.2) is 0 Å². The van der Waals surface area contributed by atoms with Gasteiger partial charge in [-0.1, -0.05) is 6.92 Å². The molecule has 3 nitrogen and oxygen atoms in total. The first-order valence-corrected chi connectivity index (χ1v) is 4.28. The number of hydrogen-bond donors (Lipinski definition) is 1. The standard InChI is InChI=1S/C7H15B2O3/c1-5-7(4)6(2,3)11-9(8-10)12-7/h10H,5H2,1-4H3. The van der Waals surface area contributed by atoms with Gasteiger partial charge in [-0.05, 0) is 27.2 Å². The fourth-order valence-electron chi connectivity index (χ4n) is 1.41. The molecule has 67 valence electrons. The summed E-state index contributed by atoms with van der Waals surface area (Å²) in [6.07, 6.45) is 0.865. The van der Waals surface area contributed by atoms with E-state index in [2.05, 4.69) is 0 Å². The highest BCUT2D eigenvalue weighted by Gasteiger charge is 2.52. The Balaban J connectivity index is 2.76. The van der Waals surface area contributed by atoms with Crippen molar-refractivity contribution in [1.82, 2.24) is 0 Å². The van der Waals surface area contributed by atoms with Crippen molar-refractivity contribution in [3.05, 3.63) is 0 Å². The Labute approximate surface area is 74.8 Å². The minimum absolute atomic E-state index is 0.309. The van der Waals surface area contributed by atoms with Crippen LogP contribution >= 0.6 is 0 Å². The van der Waals surface area contributed by atoms with Gasteiger partial charge in [0.1, 0.15) is 0 Å². The second-order valence-corrected chi connectivity index (χ2v) is 3.85. The van der Waals surface area contributed by atoms with Gasteiger partial charge < -0.3 is 14.3 Å². The molecule has 1 radical (unpaired) electrons. The van der Waals surface area contributed by atoms with Crippen molar-refractivity contribution in [2.45, 2.75) is 45.3 Å². The van der Waals surface area contributed by atoms with E-state index >= 15 is 0 Å². The minimum Gasteiger partial charge on any atom is -0.458 e. The van der Waals surface area contributed by atoms with E-state index in [4.69, 9.17) is 14.3 Å². The lowest BCUT2D eigenvalue weighted by Crippen LogP contribution is -2.44. The van der Waals surface area contributed by atoms with Crippen molar-refractivity contribution in [3.63, 3.8) is 0 Å². The van der Waals surface area contributed by atoms with E-state index in [0.717, 1.165) is 13.8 Å². The first-order valence-electron chi connectivity index (χ1n) is 4.28. The Bertz CT molecular complexity index is 174. The van der Waals surface area contributed by atoms with E-state index in [1.165, 1.54) is 0 Å². The van der Waals surface area contributed by atoms with Gasteiger partial charge in [-0.3, -0.25) is 0 Å². The molecule has 1 aliphatic rings. The Morgan fingerprint density at radius 1 is 1.33 bits per heavy atom. The lowest BCUT2D eigenvalue weighted by atomic mass is 9.57. The number of rotatable bonds is 2. The van der Waals surface area contributed by atoms with E-state index in [1.807, 2.05) is 27.7 Å². The average molecular weight is 169 g/mol. The Kier molecular flexibility index (Phi) is 2.57. The molecule has 0 bridgehead atoms. The van der Waals surface area contributed by atoms with Crippen LogP contribution in [-0.4, -0.2) is 30.6 Å². The highest BCUT2D eigenvalue weighted by Crippen LogP contribution is 2.38. The van der Waals surface area contributed by atoms with Gasteiger partial charge in [0.25, 0.3) is 0 Å². The van der Waals surface area contributed by atoms with Crippen LogP contribution in [0.2, 0.25) is 0 Å². The summed E-state index contributed by atoms with van der Waals surface area (Å²) in [5, 5.41) is 8.75. The van der Waals surface area contributed by atoms with E-state index in [0.29, 0.717) is 0 Å². The second kappa shape index (κ2) is 3.05. The Hall–Kier alpha value is 0.00987. The topological polar surface area (TPSA) is 38.7 Å². The van der Waals surface area contributed by atoms with Crippen LogP contribution in [0.15, 0.2) is 0 Å². The van der Waals surface area contributed by atoms with Crippen LogP contribution in [0.5, 0.6) is 0 Å². The molecule has 1 atom stereocenters. The molecule has 1 rings (SSSR count). The van der Waals surface area contributed by atoms with Crippen molar-refractivity contribution in [2.75, 3.05) is 0 Å². The van der Waals surface area contributed by atoms with Crippen molar-refractivity contribution < 1.29 is 14.3 Å². The van der Waals surface area contributed by atoms with Gasteiger partial charge >= 0.3 is 14.4 Å². The van der Waals surface area contributed by atoms with Crippen LogP contribution in [0.25, 0.3) is 0 Å². The van der Waals surface area contributed by atoms with E-state index < -0.39 is 7.01 Å². The van der Waals surface area contributed by atoms with Crippen LogP contribution in [0.1, 0.15) is 34.1 Å². The molecule has 1 saturated heterocycles. The fourth-order valence-corrected chi connectivity index (χ4v) is 1.41. The largest absolute Gasteiger partial charge is 0.458 e. The van der Waals surface area contributed by atoms with Crippen LogP contribution in [0.4, 0.5) is 0 Å². The molecule has 1 heterocycles. The highest BCUT2D eigenvalue weighted by atomic mass is 16.7. The van der Waals surface area contributed by atoms with Gasteiger partial charge in [0.2, 0.25) is 0 Å². The van der Waals surface area contributed by atoms with Crippen LogP contribution in [0, 0.1) is 0 Å². The normalized spacial score (nSPS) is 33.9. The molecule has 12 heavy (non-hydrogen) atoms. The third-order valence-electron chi connectivity index (χ3n) is 2.86. The van der Waals surface area contributed by atoms with E-state index in [-0.39, 0.29) is 11.2 Å². The zero-order valence-corrected chi connectivity index (χ0v) is 8.13. The molecule has 0 aromatic heterocycles. The summed E-state index contributed by atoms with van der Waals surface area (Å²) in [4.78, 5) is 0. The summed E-state index contributed by atoms with van der Waals surface area (Å²) >= 11 is 0. The van der Waals surface area contributed by atoms with Crippen LogP contribution in [-0.2, 0) is 9.31 Å². The summed E-state index contributed by atoms with van der Waals surface area (Å²) in [6, 6.07) is 0. The molecule has 1 fully saturated rings. The zero-order chi connectivity index (χ0) is 9.41. The number of hydrogen-bond acceptors (Lipinski definition) is 3. The quantitative estimate of drug-likeness (QED) is 0.614. The molecular weight excluding hydrogens is 154 g/mol. The van der Waals surface area contributed by atoms with E-state index in [9.17, 15) is 0 Å². The molecule has 1 aliphatic heterocycles. The van der Waals surface area contributed by atoms with Crippen LogP contribution < -0.4 is 0 Å². The molecular formula is C7H15B2O3. The first-order chi connectivity index (χ1) is 5.45. The van der Waals surface area contributed by atoms with Crippen LogP contribution in [0.3, 0.4) is 0 Å². The van der Waals surface area contributed by atoms with Gasteiger partial charge in [0.05, 0.1) is 11.2 Å². The third-order valence-corrected chi connectivity index (χ3v) is 2.86. The molecule has 0 aliphatic carbocycles. The van der Waals surface area contributed by atoms with E-state index in [1.54, 1.807) is 0 Å². The van der Waals surface area contributed by atoms with Crippen molar-refractivity contribution in [1.29, 1.82) is 0 Å².